The van der Waals surface area contributed by atoms with Crippen LogP contribution in [0.25, 0.3) is 10.6 Å². The van der Waals surface area contributed by atoms with Crippen LogP contribution in [0.1, 0.15) is 23.3 Å². The fourth-order valence-electron chi connectivity index (χ4n) is 2.58. The van der Waals surface area contributed by atoms with E-state index in [1.807, 2.05) is 6.07 Å². The van der Waals surface area contributed by atoms with Crippen molar-refractivity contribution >= 4 is 28.9 Å². The summed E-state index contributed by atoms with van der Waals surface area (Å²) in [7, 11) is 0. The maximum atomic E-state index is 11.0. The fraction of sp³-hybridized carbons (Fsp3) is 0.375. The first-order valence-electron chi connectivity index (χ1n) is 7.47. The highest BCUT2D eigenvalue weighted by atomic mass is 35.5. The summed E-state index contributed by atoms with van der Waals surface area (Å²) in [6, 6.07) is 5.34. The van der Waals surface area contributed by atoms with E-state index in [9.17, 15) is 4.79 Å². The smallest absolute Gasteiger partial charge is 0.355 e. The molecule has 5 nitrogen and oxygen atoms in total. The van der Waals surface area contributed by atoms with Crippen molar-refractivity contribution in [2.24, 2.45) is 0 Å². The maximum Gasteiger partial charge on any atom is 0.355 e. The third kappa shape index (κ3) is 4.02. The van der Waals surface area contributed by atoms with Crippen molar-refractivity contribution in [1.29, 1.82) is 0 Å². The predicted molar refractivity (Wildman–Crippen MR) is 90.7 cm³/mol. The normalized spacial score (nSPS) is 15.0. The van der Waals surface area contributed by atoms with Crippen LogP contribution in [0, 0.1) is 0 Å². The average Bonchev–Trinajstić information content (AvgIpc) is 3.19. The Kier molecular flexibility index (Phi) is 5.15. The minimum Gasteiger partial charge on any atom is -0.492 e. The summed E-state index contributed by atoms with van der Waals surface area (Å²) >= 11 is 7.34. The summed E-state index contributed by atoms with van der Waals surface area (Å²) in [6.45, 7) is 3.74. The summed E-state index contributed by atoms with van der Waals surface area (Å²) < 4.78 is 5.90. The third-order valence-electron chi connectivity index (χ3n) is 3.76. The molecular formula is C16H17ClN2O3S. The Morgan fingerprint density at radius 3 is 2.87 bits per heavy atom. The van der Waals surface area contributed by atoms with Gasteiger partial charge in [0.05, 0.1) is 5.56 Å². The molecule has 1 aliphatic heterocycles. The molecular weight excluding hydrogens is 336 g/mol. The number of halogens is 1. The summed E-state index contributed by atoms with van der Waals surface area (Å²) in [4.78, 5) is 17.5. The minimum atomic E-state index is -1.04. The number of carbonyl (C=O) groups is 1. The molecule has 0 radical (unpaired) electrons. The van der Waals surface area contributed by atoms with Crippen LogP contribution < -0.4 is 4.74 Å². The molecule has 1 aromatic heterocycles. The zero-order valence-electron chi connectivity index (χ0n) is 12.5. The first kappa shape index (κ1) is 16.2. The first-order valence-corrected chi connectivity index (χ1v) is 8.73. The van der Waals surface area contributed by atoms with Gasteiger partial charge in [0.25, 0.3) is 0 Å². The highest BCUT2D eigenvalue weighted by molar-refractivity contribution is 7.13. The molecule has 0 saturated carbocycles. The van der Waals surface area contributed by atoms with E-state index < -0.39 is 5.97 Å². The van der Waals surface area contributed by atoms with Crippen molar-refractivity contribution in [3.63, 3.8) is 0 Å². The van der Waals surface area contributed by atoms with Gasteiger partial charge < -0.3 is 9.84 Å². The van der Waals surface area contributed by atoms with Gasteiger partial charge in [0.1, 0.15) is 17.4 Å². The fourth-order valence-corrected chi connectivity index (χ4v) is 3.57. The molecule has 1 aromatic carbocycles. The Bertz CT molecular complexity index is 698. The van der Waals surface area contributed by atoms with Crippen molar-refractivity contribution in [2.75, 3.05) is 26.2 Å². The minimum absolute atomic E-state index is 0.0352. The highest BCUT2D eigenvalue weighted by Gasteiger charge is 2.16. The van der Waals surface area contributed by atoms with E-state index in [4.69, 9.17) is 21.4 Å². The Balaban J connectivity index is 1.75. The number of benzene rings is 1. The van der Waals surface area contributed by atoms with E-state index in [0.717, 1.165) is 25.2 Å². The van der Waals surface area contributed by atoms with E-state index in [2.05, 4.69) is 9.88 Å². The molecule has 23 heavy (non-hydrogen) atoms. The summed E-state index contributed by atoms with van der Waals surface area (Å²) in [5, 5.41) is 11.7. The van der Waals surface area contributed by atoms with Gasteiger partial charge in [-0.2, -0.15) is 0 Å². The van der Waals surface area contributed by atoms with Gasteiger partial charge in [-0.3, -0.25) is 4.90 Å². The summed E-state index contributed by atoms with van der Waals surface area (Å²) in [5.74, 6) is -0.356. The highest BCUT2D eigenvalue weighted by Crippen LogP contribution is 2.34. The molecule has 2 aromatic rings. The monoisotopic (exact) mass is 352 g/mol. The van der Waals surface area contributed by atoms with Gasteiger partial charge in [-0.25, -0.2) is 9.78 Å². The first-order chi connectivity index (χ1) is 11.1. The summed E-state index contributed by atoms with van der Waals surface area (Å²) in [6.07, 6.45) is 2.51. The number of ether oxygens (including phenoxy) is 1. The van der Waals surface area contributed by atoms with Crippen LogP contribution in [-0.4, -0.2) is 47.2 Å². The predicted octanol–water partition coefficient (Wildman–Crippen LogP) is 3.64. The van der Waals surface area contributed by atoms with Crippen LogP contribution in [-0.2, 0) is 0 Å². The molecule has 0 atom stereocenters. The number of hydrogen-bond acceptors (Lipinski definition) is 5. The molecule has 1 saturated heterocycles. The Hall–Kier alpha value is -1.63. The third-order valence-corrected chi connectivity index (χ3v) is 4.87. The number of likely N-dealkylation sites (tertiary alicyclic amines) is 1. The number of rotatable bonds is 6. The van der Waals surface area contributed by atoms with Crippen molar-refractivity contribution in [3.8, 4) is 16.3 Å². The lowest BCUT2D eigenvalue weighted by Gasteiger charge is -2.16. The van der Waals surface area contributed by atoms with Gasteiger partial charge in [0.15, 0.2) is 5.69 Å². The lowest BCUT2D eigenvalue weighted by Crippen LogP contribution is -2.25. The molecule has 122 valence electrons. The second-order valence-corrected chi connectivity index (χ2v) is 6.68. The number of carboxylic acid groups (broad SMARTS) is 1. The van der Waals surface area contributed by atoms with E-state index in [1.165, 1.54) is 29.6 Å². The summed E-state index contributed by atoms with van der Waals surface area (Å²) in [5.41, 5.74) is 0.768. The van der Waals surface area contributed by atoms with E-state index in [1.54, 1.807) is 12.1 Å². The van der Waals surface area contributed by atoms with Crippen molar-refractivity contribution in [1.82, 2.24) is 9.88 Å². The van der Waals surface area contributed by atoms with Crippen LogP contribution in [0.4, 0.5) is 0 Å². The molecule has 0 amide bonds. The number of carboxylic acids is 1. The molecule has 1 aliphatic rings. The van der Waals surface area contributed by atoms with Crippen LogP contribution in [0.3, 0.4) is 0 Å². The number of aromatic nitrogens is 1. The Morgan fingerprint density at radius 2 is 2.17 bits per heavy atom. The topological polar surface area (TPSA) is 62.7 Å². The van der Waals surface area contributed by atoms with Gasteiger partial charge in [-0.15, -0.1) is 11.3 Å². The van der Waals surface area contributed by atoms with Crippen LogP contribution in [0.2, 0.25) is 5.02 Å². The number of thiazole rings is 1. The van der Waals surface area contributed by atoms with Crippen LogP contribution >= 0.6 is 22.9 Å². The number of aromatic carboxylic acids is 1. The van der Waals surface area contributed by atoms with Crippen LogP contribution in [0.5, 0.6) is 5.75 Å². The zero-order chi connectivity index (χ0) is 16.2. The van der Waals surface area contributed by atoms with E-state index in [0.29, 0.717) is 22.4 Å². The van der Waals surface area contributed by atoms with Crippen molar-refractivity contribution < 1.29 is 14.6 Å². The number of hydrogen-bond donors (Lipinski definition) is 1. The van der Waals surface area contributed by atoms with Gasteiger partial charge >= 0.3 is 5.97 Å². The number of nitrogens with zero attached hydrogens (tertiary/aromatic N) is 2. The molecule has 0 aliphatic carbocycles. The second kappa shape index (κ2) is 7.29. The van der Waals surface area contributed by atoms with Crippen molar-refractivity contribution in [2.45, 2.75) is 12.8 Å². The van der Waals surface area contributed by atoms with Gasteiger partial charge in [-0.05, 0) is 44.1 Å². The van der Waals surface area contributed by atoms with Gasteiger partial charge in [0, 0.05) is 16.9 Å². The van der Waals surface area contributed by atoms with Gasteiger partial charge in [-0.1, -0.05) is 11.6 Å². The largest absolute Gasteiger partial charge is 0.492 e. The lowest BCUT2D eigenvalue weighted by atomic mass is 10.2. The lowest BCUT2D eigenvalue weighted by molar-refractivity contribution is 0.0691. The Morgan fingerprint density at radius 1 is 1.39 bits per heavy atom. The van der Waals surface area contributed by atoms with Gasteiger partial charge in [0.2, 0.25) is 0 Å². The Labute approximate surface area is 143 Å². The average molecular weight is 353 g/mol. The molecule has 2 heterocycles. The second-order valence-electron chi connectivity index (χ2n) is 5.38. The molecule has 1 fully saturated rings. The molecule has 0 bridgehead atoms. The zero-order valence-corrected chi connectivity index (χ0v) is 14.1. The molecule has 1 N–H and O–H groups in total. The van der Waals surface area contributed by atoms with E-state index >= 15 is 0 Å². The SMILES string of the molecule is O=C(O)c1csc(-c2cc(Cl)ccc2OCCN2CCCC2)n1. The van der Waals surface area contributed by atoms with Crippen LogP contribution in [0.15, 0.2) is 23.6 Å². The van der Waals surface area contributed by atoms with E-state index in [-0.39, 0.29) is 5.69 Å². The standard InChI is InChI=1S/C16H17ClN2O3S/c17-11-3-4-14(22-8-7-19-5-1-2-6-19)12(9-11)15-18-13(10-23-15)16(20)21/h3-4,9-10H,1-2,5-8H2,(H,20,21). The molecule has 7 heteroatoms. The van der Waals surface area contributed by atoms with Crippen molar-refractivity contribution in [3.05, 3.63) is 34.3 Å². The molecule has 0 spiro atoms. The molecule has 3 rings (SSSR count). The maximum absolute atomic E-state index is 11.0. The quantitative estimate of drug-likeness (QED) is 0.860. The molecule has 0 unspecified atom stereocenters.